The summed E-state index contributed by atoms with van der Waals surface area (Å²) in [6.07, 6.45) is -9.50. The second-order valence-electron chi connectivity index (χ2n) is 3.64. The lowest BCUT2D eigenvalue weighted by molar-refractivity contribution is -0.142. The molecule has 0 heterocycles. The van der Waals surface area contributed by atoms with Crippen molar-refractivity contribution in [2.75, 3.05) is 6.54 Å². The van der Waals surface area contributed by atoms with Crippen molar-refractivity contribution >= 4 is 0 Å². The average Bonchev–Trinajstić information content (AvgIpc) is 2.24. The van der Waals surface area contributed by atoms with Gasteiger partial charge in [0, 0.05) is 12.6 Å². The molecule has 0 aliphatic carbocycles. The maximum Gasteiger partial charge on any atom is 0.416 e. The molecule has 18 heavy (non-hydrogen) atoms. The normalized spacial score (nSPS) is 14.7. The molecule has 0 saturated heterocycles. The van der Waals surface area contributed by atoms with Crippen LogP contribution in [-0.2, 0) is 12.4 Å². The topological polar surface area (TPSA) is 52.0 Å². The van der Waals surface area contributed by atoms with Gasteiger partial charge in [0.25, 0.3) is 0 Å². The molecular weight excluding hydrogens is 262 g/mol. The SMILES string of the molecule is NC[C@H](N)c1cc(C(F)(F)F)ccc1C(F)(F)F. The summed E-state index contributed by atoms with van der Waals surface area (Å²) in [4.78, 5) is 0. The zero-order valence-electron chi connectivity index (χ0n) is 8.94. The van der Waals surface area contributed by atoms with E-state index in [9.17, 15) is 26.3 Å². The van der Waals surface area contributed by atoms with E-state index >= 15 is 0 Å². The minimum absolute atomic E-state index is 0.369. The van der Waals surface area contributed by atoms with Crippen molar-refractivity contribution in [1.29, 1.82) is 0 Å². The van der Waals surface area contributed by atoms with E-state index in [2.05, 4.69) is 0 Å². The van der Waals surface area contributed by atoms with Gasteiger partial charge in [0.1, 0.15) is 0 Å². The second-order valence-corrected chi connectivity index (χ2v) is 3.64. The van der Waals surface area contributed by atoms with Crippen molar-refractivity contribution in [1.82, 2.24) is 0 Å². The van der Waals surface area contributed by atoms with Crippen molar-refractivity contribution < 1.29 is 26.3 Å². The average molecular weight is 272 g/mol. The predicted octanol–water partition coefficient (Wildman–Crippen LogP) is 2.68. The zero-order valence-corrected chi connectivity index (χ0v) is 8.94. The van der Waals surface area contributed by atoms with Crippen molar-refractivity contribution in [3.05, 3.63) is 34.9 Å². The van der Waals surface area contributed by atoms with Crippen LogP contribution in [0.4, 0.5) is 26.3 Å². The van der Waals surface area contributed by atoms with E-state index in [1.807, 2.05) is 0 Å². The highest BCUT2D eigenvalue weighted by Crippen LogP contribution is 2.37. The molecule has 0 fully saturated rings. The molecule has 0 amide bonds. The van der Waals surface area contributed by atoms with Crippen molar-refractivity contribution in [2.24, 2.45) is 11.5 Å². The lowest BCUT2D eigenvalue weighted by atomic mass is 9.97. The number of halogens is 6. The van der Waals surface area contributed by atoms with E-state index in [1.165, 1.54) is 0 Å². The Bertz CT molecular complexity index is 423. The highest BCUT2D eigenvalue weighted by atomic mass is 19.4. The molecular formula is C10H10F6N2. The molecule has 1 aromatic carbocycles. The second kappa shape index (κ2) is 4.77. The van der Waals surface area contributed by atoms with Crippen LogP contribution >= 0.6 is 0 Å². The van der Waals surface area contributed by atoms with Crippen molar-refractivity contribution in [2.45, 2.75) is 18.4 Å². The Balaban J connectivity index is 3.39. The Morgan fingerprint density at radius 3 is 1.94 bits per heavy atom. The van der Waals surface area contributed by atoms with Gasteiger partial charge >= 0.3 is 12.4 Å². The van der Waals surface area contributed by atoms with Crippen LogP contribution in [0.1, 0.15) is 22.7 Å². The first-order chi connectivity index (χ1) is 8.07. The molecule has 0 spiro atoms. The van der Waals surface area contributed by atoms with Gasteiger partial charge in [0.15, 0.2) is 0 Å². The molecule has 1 atom stereocenters. The summed E-state index contributed by atoms with van der Waals surface area (Å²) < 4.78 is 75.0. The third kappa shape index (κ3) is 3.14. The molecule has 4 N–H and O–H groups in total. The largest absolute Gasteiger partial charge is 0.416 e. The summed E-state index contributed by atoms with van der Waals surface area (Å²) in [6, 6.07) is -0.173. The van der Waals surface area contributed by atoms with Crippen molar-refractivity contribution in [3.8, 4) is 0 Å². The summed E-state index contributed by atoms with van der Waals surface area (Å²) in [5.74, 6) is 0. The van der Waals surface area contributed by atoms with Crippen LogP contribution in [-0.4, -0.2) is 6.54 Å². The lowest BCUT2D eigenvalue weighted by Crippen LogP contribution is -2.25. The molecule has 1 aromatic rings. The monoisotopic (exact) mass is 272 g/mol. The summed E-state index contributed by atoms with van der Waals surface area (Å²) in [5, 5.41) is 0. The zero-order chi connectivity index (χ0) is 14.1. The van der Waals surface area contributed by atoms with Gasteiger partial charge in [-0.2, -0.15) is 26.3 Å². The molecule has 0 bridgehead atoms. The number of benzene rings is 1. The van der Waals surface area contributed by atoms with E-state index in [0.717, 1.165) is 0 Å². The minimum atomic E-state index is -4.77. The highest BCUT2D eigenvalue weighted by Gasteiger charge is 2.37. The Hall–Kier alpha value is -1.28. The Labute approximate surface area is 98.6 Å². The third-order valence-electron chi connectivity index (χ3n) is 2.34. The lowest BCUT2D eigenvalue weighted by Gasteiger charge is -2.19. The van der Waals surface area contributed by atoms with E-state index in [0.29, 0.717) is 18.2 Å². The first kappa shape index (κ1) is 14.8. The fourth-order valence-corrected chi connectivity index (χ4v) is 1.43. The summed E-state index contributed by atoms with van der Waals surface area (Å²) in [7, 11) is 0. The van der Waals surface area contributed by atoms with Crippen LogP contribution in [0, 0.1) is 0 Å². The first-order valence-corrected chi connectivity index (χ1v) is 4.81. The first-order valence-electron chi connectivity index (χ1n) is 4.81. The third-order valence-corrected chi connectivity index (χ3v) is 2.34. The van der Waals surface area contributed by atoms with Crippen molar-refractivity contribution in [3.63, 3.8) is 0 Å². The van der Waals surface area contributed by atoms with Crippen LogP contribution in [0.5, 0.6) is 0 Å². The Morgan fingerprint density at radius 2 is 1.56 bits per heavy atom. The van der Waals surface area contributed by atoms with Gasteiger partial charge in [0.05, 0.1) is 11.1 Å². The van der Waals surface area contributed by atoms with Crippen LogP contribution in [0.3, 0.4) is 0 Å². The molecule has 102 valence electrons. The van der Waals surface area contributed by atoms with E-state index in [-0.39, 0.29) is 6.54 Å². The van der Waals surface area contributed by atoms with Crippen LogP contribution < -0.4 is 11.5 Å². The minimum Gasteiger partial charge on any atom is -0.329 e. The maximum atomic E-state index is 12.6. The molecule has 1 rings (SSSR count). The van der Waals surface area contributed by atoms with Gasteiger partial charge in [-0.3, -0.25) is 0 Å². The molecule has 0 aromatic heterocycles. The van der Waals surface area contributed by atoms with Gasteiger partial charge < -0.3 is 11.5 Å². The number of hydrogen-bond donors (Lipinski definition) is 2. The molecule has 0 unspecified atom stereocenters. The fraction of sp³-hybridized carbons (Fsp3) is 0.400. The van der Waals surface area contributed by atoms with Gasteiger partial charge in [-0.1, -0.05) is 0 Å². The number of hydrogen-bond acceptors (Lipinski definition) is 2. The van der Waals surface area contributed by atoms with Crippen LogP contribution in [0.15, 0.2) is 18.2 Å². The molecule has 0 radical (unpaired) electrons. The molecule has 0 aliphatic heterocycles. The fourth-order valence-electron chi connectivity index (χ4n) is 1.43. The maximum absolute atomic E-state index is 12.6. The standard InChI is InChI=1S/C10H10F6N2/c11-9(12,13)5-1-2-7(10(14,15)16)6(3-5)8(18)4-17/h1-3,8H,4,17-18H2/t8-/m0/s1. The van der Waals surface area contributed by atoms with E-state index in [4.69, 9.17) is 11.5 Å². The molecule has 8 heteroatoms. The smallest absolute Gasteiger partial charge is 0.329 e. The number of alkyl halides is 6. The molecule has 0 aliphatic rings. The highest BCUT2D eigenvalue weighted by molar-refractivity contribution is 5.37. The number of rotatable bonds is 2. The summed E-state index contributed by atoms with van der Waals surface area (Å²) in [5.41, 5.74) is 7.37. The van der Waals surface area contributed by atoms with E-state index < -0.39 is 35.1 Å². The quantitative estimate of drug-likeness (QED) is 0.813. The Kier molecular flexibility index (Phi) is 3.92. The molecule has 0 saturated carbocycles. The van der Waals surface area contributed by atoms with Gasteiger partial charge in [-0.05, 0) is 23.8 Å². The summed E-state index contributed by atoms with van der Waals surface area (Å²) >= 11 is 0. The van der Waals surface area contributed by atoms with Crippen LogP contribution in [0.2, 0.25) is 0 Å². The van der Waals surface area contributed by atoms with Gasteiger partial charge in [-0.25, -0.2) is 0 Å². The van der Waals surface area contributed by atoms with Gasteiger partial charge in [0.2, 0.25) is 0 Å². The molecule has 2 nitrogen and oxygen atoms in total. The van der Waals surface area contributed by atoms with E-state index in [1.54, 1.807) is 0 Å². The number of nitrogens with two attached hydrogens (primary N) is 2. The van der Waals surface area contributed by atoms with Gasteiger partial charge in [-0.15, -0.1) is 0 Å². The predicted molar refractivity (Wildman–Crippen MR) is 52.4 cm³/mol. The Morgan fingerprint density at radius 1 is 1.00 bits per heavy atom. The van der Waals surface area contributed by atoms with Crippen LogP contribution in [0.25, 0.3) is 0 Å². The summed E-state index contributed by atoms with van der Waals surface area (Å²) in [6.45, 7) is -0.385.